The molecule has 0 aliphatic heterocycles. The van der Waals surface area contributed by atoms with Crippen LogP contribution in [0.3, 0.4) is 0 Å². The van der Waals surface area contributed by atoms with Crippen molar-refractivity contribution in [3.05, 3.63) is 34.2 Å². The van der Waals surface area contributed by atoms with E-state index in [2.05, 4.69) is 40.3 Å². The van der Waals surface area contributed by atoms with E-state index in [-0.39, 0.29) is 0 Å². The van der Waals surface area contributed by atoms with Crippen molar-refractivity contribution in [1.29, 1.82) is 0 Å². The van der Waals surface area contributed by atoms with Gasteiger partial charge >= 0.3 is 0 Å². The van der Waals surface area contributed by atoms with Gasteiger partial charge in [-0.3, -0.25) is 0 Å². The molecule has 0 saturated heterocycles. The molecular weight excluding hydrogens is 290 g/mol. The second-order valence-corrected chi connectivity index (χ2v) is 5.64. The van der Waals surface area contributed by atoms with Gasteiger partial charge < -0.3 is 9.73 Å². The lowest BCUT2D eigenvalue weighted by Crippen LogP contribution is -2.24. The maximum absolute atomic E-state index is 5.40. The Labute approximate surface area is 118 Å². The van der Waals surface area contributed by atoms with Gasteiger partial charge in [0.1, 0.15) is 0 Å². The van der Waals surface area contributed by atoms with E-state index in [4.69, 9.17) is 4.42 Å². The number of furan rings is 1. The summed E-state index contributed by atoms with van der Waals surface area (Å²) in [4.78, 5) is 0. The van der Waals surface area contributed by atoms with Crippen LogP contribution in [0.4, 0.5) is 0 Å². The lowest BCUT2D eigenvalue weighted by atomic mass is 9.97. The predicted octanol–water partition coefficient (Wildman–Crippen LogP) is 4.97. The van der Waals surface area contributed by atoms with Crippen molar-refractivity contribution >= 4 is 15.9 Å². The minimum absolute atomic E-state index is 0.316. The molecule has 0 amide bonds. The standard InChI is InChI=1S/C15H22BrNO/c1-2-10-17-14(13-9-11-18-15(13)16)12-7-5-3-4-6-8-12/h7,9,11,14,17H,2-6,8,10H2,1H3. The van der Waals surface area contributed by atoms with Gasteiger partial charge in [0, 0.05) is 5.56 Å². The summed E-state index contributed by atoms with van der Waals surface area (Å²) in [5.41, 5.74) is 2.76. The lowest BCUT2D eigenvalue weighted by Gasteiger charge is -2.21. The van der Waals surface area contributed by atoms with Crippen LogP contribution in [-0.4, -0.2) is 6.54 Å². The van der Waals surface area contributed by atoms with E-state index < -0.39 is 0 Å². The maximum Gasteiger partial charge on any atom is 0.174 e. The van der Waals surface area contributed by atoms with E-state index in [1.165, 1.54) is 43.2 Å². The molecule has 1 aliphatic carbocycles. The first-order chi connectivity index (χ1) is 8.83. The first-order valence-corrected chi connectivity index (χ1v) is 7.77. The fourth-order valence-corrected chi connectivity index (χ4v) is 3.01. The topological polar surface area (TPSA) is 25.2 Å². The molecule has 0 spiro atoms. The van der Waals surface area contributed by atoms with Crippen LogP contribution in [0, 0.1) is 0 Å². The molecule has 1 aromatic rings. The predicted molar refractivity (Wildman–Crippen MR) is 78.6 cm³/mol. The molecule has 0 radical (unpaired) electrons. The van der Waals surface area contributed by atoms with Gasteiger partial charge in [0.25, 0.3) is 0 Å². The Morgan fingerprint density at radius 1 is 1.39 bits per heavy atom. The Morgan fingerprint density at radius 3 is 3.00 bits per heavy atom. The van der Waals surface area contributed by atoms with Gasteiger partial charge in [0.05, 0.1) is 12.3 Å². The Balaban J connectivity index is 2.18. The quantitative estimate of drug-likeness (QED) is 0.776. The number of halogens is 1. The van der Waals surface area contributed by atoms with Gasteiger partial charge in [-0.25, -0.2) is 0 Å². The zero-order valence-corrected chi connectivity index (χ0v) is 12.6. The van der Waals surface area contributed by atoms with Crippen molar-refractivity contribution < 1.29 is 4.42 Å². The van der Waals surface area contributed by atoms with Crippen LogP contribution in [0.5, 0.6) is 0 Å². The summed E-state index contributed by atoms with van der Waals surface area (Å²) in [6.07, 6.45) is 11.8. The van der Waals surface area contributed by atoms with Gasteiger partial charge in [-0.15, -0.1) is 0 Å². The minimum atomic E-state index is 0.316. The summed E-state index contributed by atoms with van der Waals surface area (Å²) in [7, 11) is 0. The molecule has 18 heavy (non-hydrogen) atoms. The van der Waals surface area contributed by atoms with E-state index in [0.717, 1.165) is 17.6 Å². The molecule has 3 heteroatoms. The summed E-state index contributed by atoms with van der Waals surface area (Å²) in [5.74, 6) is 0. The average Bonchev–Trinajstić information content (AvgIpc) is 2.65. The second-order valence-electron chi connectivity index (χ2n) is 4.92. The van der Waals surface area contributed by atoms with Crippen LogP contribution in [0.2, 0.25) is 0 Å². The fourth-order valence-electron chi connectivity index (χ4n) is 2.54. The van der Waals surface area contributed by atoms with Gasteiger partial charge in [-0.05, 0) is 60.6 Å². The third-order valence-corrected chi connectivity index (χ3v) is 4.15. The lowest BCUT2D eigenvalue weighted by molar-refractivity contribution is 0.516. The van der Waals surface area contributed by atoms with Crippen molar-refractivity contribution in [3.63, 3.8) is 0 Å². The van der Waals surface area contributed by atoms with Gasteiger partial charge in [-0.2, -0.15) is 0 Å². The second kappa shape index (κ2) is 7.15. The first kappa shape index (κ1) is 13.9. The number of rotatable bonds is 5. The van der Waals surface area contributed by atoms with Crippen molar-refractivity contribution in [2.75, 3.05) is 6.54 Å². The average molecular weight is 312 g/mol. The summed E-state index contributed by atoms with van der Waals surface area (Å²) in [6, 6.07) is 2.39. The third kappa shape index (κ3) is 3.48. The van der Waals surface area contributed by atoms with Crippen LogP contribution < -0.4 is 5.32 Å². The van der Waals surface area contributed by atoms with E-state index in [0.29, 0.717) is 6.04 Å². The molecule has 100 valence electrons. The third-order valence-electron chi connectivity index (χ3n) is 3.50. The van der Waals surface area contributed by atoms with Crippen molar-refractivity contribution in [2.45, 2.75) is 51.5 Å². The summed E-state index contributed by atoms with van der Waals surface area (Å²) < 4.78 is 6.26. The van der Waals surface area contributed by atoms with E-state index in [1.807, 2.05) is 0 Å². The molecule has 0 aromatic carbocycles. The smallest absolute Gasteiger partial charge is 0.174 e. The van der Waals surface area contributed by atoms with Crippen LogP contribution in [-0.2, 0) is 0 Å². The van der Waals surface area contributed by atoms with E-state index >= 15 is 0 Å². The molecule has 1 N–H and O–H groups in total. The minimum Gasteiger partial charge on any atom is -0.457 e. The highest BCUT2D eigenvalue weighted by Gasteiger charge is 2.20. The number of hydrogen-bond donors (Lipinski definition) is 1. The van der Waals surface area contributed by atoms with Gasteiger partial charge in [0.15, 0.2) is 4.67 Å². The SMILES string of the molecule is CCCNC(C1=CCCCCC1)c1ccoc1Br. The molecule has 1 heterocycles. The molecule has 2 rings (SSSR count). The van der Waals surface area contributed by atoms with Gasteiger partial charge in [-0.1, -0.05) is 25.0 Å². The van der Waals surface area contributed by atoms with Gasteiger partial charge in [0.2, 0.25) is 0 Å². The highest BCUT2D eigenvalue weighted by Crippen LogP contribution is 2.33. The zero-order valence-electron chi connectivity index (χ0n) is 11.0. The molecule has 1 atom stereocenters. The highest BCUT2D eigenvalue weighted by molar-refractivity contribution is 9.10. The Hall–Kier alpha value is -0.540. The van der Waals surface area contributed by atoms with Crippen molar-refractivity contribution in [3.8, 4) is 0 Å². The van der Waals surface area contributed by atoms with Crippen molar-refractivity contribution in [1.82, 2.24) is 5.32 Å². The normalized spacial score (nSPS) is 18.2. The molecule has 2 nitrogen and oxygen atoms in total. The summed E-state index contributed by atoms with van der Waals surface area (Å²) >= 11 is 3.51. The van der Waals surface area contributed by atoms with Crippen LogP contribution in [0.25, 0.3) is 0 Å². The number of nitrogens with one attached hydrogen (secondary N) is 1. The van der Waals surface area contributed by atoms with E-state index in [1.54, 1.807) is 6.26 Å². The maximum atomic E-state index is 5.40. The molecular formula is C15H22BrNO. The summed E-state index contributed by atoms with van der Waals surface area (Å²) in [6.45, 7) is 3.25. The zero-order chi connectivity index (χ0) is 12.8. The van der Waals surface area contributed by atoms with E-state index in [9.17, 15) is 0 Å². The molecule has 1 unspecified atom stereocenters. The molecule has 0 fully saturated rings. The number of allylic oxidation sites excluding steroid dienone is 1. The Bertz CT molecular complexity index is 397. The molecule has 1 aromatic heterocycles. The van der Waals surface area contributed by atoms with Crippen molar-refractivity contribution in [2.24, 2.45) is 0 Å². The molecule has 0 saturated carbocycles. The van der Waals surface area contributed by atoms with Crippen LogP contribution >= 0.6 is 15.9 Å². The monoisotopic (exact) mass is 311 g/mol. The molecule has 1 aliphatic rings. The largest absolute Gasteiger partial charge is 0.457 e. The Kier molecular flexibility index (Phi) is 5.51. The molecule has 0 bridgehead atoms. The summed E-state index contributed by atoms with van der Waals surface area (Å²) in [5, 5.41) is 3.65. The van der Waals surface area contributed by atoms with Crippen LogP contribution in [0.15, 0.2) is 33.1 Å². The Morgan fingerprint density at radius 2 is 2.28 bits per heavy atom. The highest BCUT2D eigenvalue weighted by atomic mass is 79.9. The fraction of sp³-hybridized carbons (Fsp3) is 0.600. The number of hydrogen-bond acceptors (Lipinski definition) is 2. The first-order valence-electron chi connectivity index (χ1n) is 6.98. The van der Waals surface area contributed by atoms with Crippen LogP contribution in [0.1, 0.15) is 57.1 Å².